The van der Waals surface area contributed by atoms with Crippen molar-refractivity contribution in [2.45, 2.75) is 52.1 Å². The van der Waals surface area contributed by atoms with Gasteiger partial charge in [0.05, 0.1) is 0 Å². The zero-order valence-electron chi connectivity index (χ0n) is 15.6. The van der Waals surface area contributed by atoms with Crippen LogP contribution in [0, 0.1) is 0 Å². The summed E-state index contributed by atoms with van der Waals surface area (Å²) in [5.41, 5.74) is 2.43. The fraction of sp³-hybridized carbons (Fsp3) is 0.409. The highest BCUT2D eigenvalue weighted by Gasteiger charge is 2.02. The second kappa shape index (κ2) is 12.3. The van der Waals surface area contributed by atoms with Crippen molar-refractivity contribution in [3.05, 3.63) is 63.9 Å². The zero-order valence-corrected chi connectivity index (χ0v) is 16.4. The van der Waals surface area contributed by atoms with Crippen LogP contribution in [0.15, 0.2) is 47.9 Å². The van der Waals surface area contributed by atoms with Crippen molar-refractivity contribution in [2.75, 3.05) is 6.54 Å². The topological polar surface area (TPSA) is 38.3 Å². The summed E-state index contributed by atoms with van der Waals surface area (Å²) in [5, 5.41) is 4.95. The third kappa shape index (κ3) is 7.87. The van der Waals surface area contributed by atoms with Gasteiger partial charge in [-0.15, -0.1) is 11.3 Å². The molecular weight excluding hydrogens is 342 g/mol. The van der Waals surface area contributed by atoms with Gasteiger partial charge in [0, 0.05) is 11.4 Å². The molecule has 0 fully saturated rings. The molecule has 0 aliphatic heterocycles. The van der Waals surface area contributed by atoms with E-state index in [0.29, 0.717) is 13.2 Å². The van der Waals surface area contributed by atoms with Crippen molar-refractivity contribution < 1.29 is 9.53 Å². The van der Waals surface area contributed by atoms with Crippen LogP contribution >= 0.6 is 11.3 Å². The van der Waals surface area contributed by atoms with Crippen LogP contribution in [0.5, 0.6) is 0 Å². The van der Waals surface area contributed by atoms with E-state index in [0.717, 1.165) is 18.4 Å². The fourth-order valence-corrected chi connectivity index (χ4v) is 3.54. The van der Waals surface area contributed by atoms with Gasteiger partial charge in [-0.1, -0.05) is 62.6 Å². The molecule has 0 saturated heterocycles. The molecule has 0 bridgehead atoms. The molecule has 0 aliphatic rings. The first-order valence-corrected chi connectivity index (χ1v) is 10.3. The van der Waals surface area contributed by atoms with E-state index < -0.39 is 0 Å². The van der Waals surface area contributed by atoms with E-state index >= 15 is 0 Å². The minimum atomic E-state index is -0.366. The Morgan fingerprint density at radius 3 is 2.81 bits per heavy atom. The Morgan fingerprint density at radius 1 is 1.15 bits per heavy atom. The zero-order chi connectivity index (χ0) is 18.5. The minimum absolute atomic E-state index is 0.305. The minimum Gasteiger partial charge on any atom is -0.445 e. The van der Waals surface area contributed by atoms with Gasteiger partial charge < -0.3 is 10.1 Å². The summed E-state index contributed by atoms with van der Waals surface area (Å²) >= 11 is 1.78. The predicted molar refractivity (Wildman–Crippen MR) is 110 cm³/mol. The van der Waals surface area contributed by atoms with Crippen molar-refractivity contribution in [1.29, 1.82) is 0 Å². The monoisotopic (exact) mass is 371 g/mol. The van der Waals surface area contributed by atoms with Gasteiger partial charge in [-0.3, -0.25) is 0 Å². The highest BCUT2D eigenvalue weighted by atomic mass is 32.1. The number of thiophene rings is 1. The number of carbonyl (C=O) groups is 1. The Labute approximate surface area is 161 Å². The molecule has 1 amide bonds. The average Bonchev–Trinajstić information content (AvgIpc) is 3.11. The lowest BCUT2D eigenvalue weighted by Gasteiger charge is -2.06. The number of nitrogens with one attached hydrogen (secondary N) is 1. The van der Waals surface area contributed by atoms with Crippen LogP contribution < -0.4 is 5.32 Å². The Balaban J connectivity index is 1.62. The third-order valence-corrected chi connectivity index (χ3v) is 5.07. The van der Waals surface area contributed by atoms with Crippen LogP contribution in [0.1, 0.15) is 55.0 Å². The highest BCUT2D eigenvalue weighted by Crippen LogP contribution is 2.21. The van der Waals surface area contributed by atoms with Crippen molar-refractivity contribution in [1.82, 2.24) is 5.32 Å². The maximum atomic E-state index is 11.7. The van der Waals surface area contributed by atoms with E-state index in [-0.39, 0.29) is 6.09 Å². The molecule has 1 heterocycles. The number of unbranched alkanes of at least 4 members (excludes halogenated alkanes) is 3. The molecule has 0 spiro atoms. The van der Waals surface area contributed by atoms with Gasteiger partial charge >= 0.3 is 6.09 Å². The summed E-state index contributed by atoms with van der Waals surface area (Å²) in [6.45, 7) is 3.13. The molecular formula is C22H29NO2S. The lowest BCUT2D eigenvalue weighted by molar-refractivity contribution is 0.140. The van der Waals surface area contributed by atoms with Gasteiger partial charge in [0.25, 0.3) is 0 Å². The standard InChI is InChI=1S/C22H29NO2S/c1-2-3-4-8-13-20-15-17-26-21(20)14-9-10-16-23-22(24)25-18-19-11-6-5-7-12-19/h5-7,9,11-12,14-15,17H,2-4,8,10,13,16,18H2,1H3,(H,23,24). The quantitative estimate of drug-likeness (QED) is 0.478. The van der Waals surface area contributed by atoms with Crippen LogP contribution in [0.25, 0.3) is 6.08 Å². The largest absolute Gasteiger partial charge is 0.445 e. The van der Waals surface area contributed by atoms with Crippen LogP contribution in [0.3, 0.4) is 0 Å². The number of alkyl carbamates (subject to hydrolysis) is 1. The first kappa shape index (κ1) is 20.2. The van der Waals surface area contributed by atoms with E-state index in [2.05, 4.69) is 35.8 Å². The first-order valence-electron chi connectivity index (χ1n) is 9.47. The molecule has 0 unspecified atom stereocenters. The second-order valence-electron chi connectivity index (χ2n) is 6.30. The van der Waals surface area contributed by atoms with Crippen molar-refractivity contribution >= 4 is 23.5 Å². The Morgan fingerprint density at radius 2 is 2.00 bits per heavy atom. The highest BCUT2D eigenvalue weighted by molar-refractivity contribution is 7.11. The van der Waals surface area contributed by atoms with Crippen LogP contribution in [0.4, 0.5) is 4.79 Å². The molecule has 0 radical (unpaired) electrons. The molecule has 0 saturated carbocycles. The number of carbonyl (C=O) groups excluding carboxylic acids is 1. The van der Waals surface area contributed by atoms with Crippen LogP contribution in [-0.4, -0.2) is 12.6 Å². The van der Waals surface area contributed by atoms with Crippen molar-refractivity contribution in [2.24, 2.45) is 0 Å². The first-order chi connectivity index (χ1) is 12.8. The smallest absolute Gasteiger partial charge is 0.407 e. The van der Waals surface area contributed by atoms with E-state index in [4.69, 9.17) is 4.74 Å². The number of benzene rings is 1. The maximum absolute atomic E-state index is 11.7. The molecule has 26 heavy (non-hydrogen) atoms. The number of ether oxygens (including phenoxy) is 1. The molecule has 140 valence electrons. The summed E-state index contributed by atoms with van der Waals surface area (Å²) in [4.78, 5) is 13.0. The number of aryl methyl sites for hydroxylation is 1. The number of hydrogen-bond acceptors (Lipinski definition) is 3. The number of amides is 1. The van der Waals surface area contributed by atoms with E-state index in [9.17, 15) is 4.79 Å². The maximum Gasteiger partial charge on any atom is 0.407 e. The molecule has 3 nitrogen and oxygen atoms in total. The summed E-state index contributed by atoms with van der Waals surface area (Å²) in [6, 6.07) is 11.9. The van der Waals surface area contributed by atoms with Crippen molar-refractivity contribution in [3.8, 4) is 0 Å². The predicted octanol–water partition coefficient (Wildman–Crippen LogP) is 6.20. The molecule has 4 heteroatoms. The van der Waals surface area contributed by atoms with Gasteiger partial charge in [0.15, 0.2) is 0 Å². The normalized spacial score (nSPS) is 11.0. The molecule has 0 aliphatic carbocycles. The van der Waals surface area contributed by atoms with Gasteiger partial charge in [0.2, 0.25) is 0 Å². The molecule has 1 N–H and O–H groups in total. The van der Waals surface area contributed by atoms with Gasteiger partial charge in [-0.25, -0.2) is 4.79 Å². The Kier molecular flexibility index (Phi) is 9.59. The summed E-state index contributed by atoms with van der Waals surface area (Å²) < 4.78 is 5.19. The van der Waals surface area contributed by atoms with E-state index in [1.165, 1.54) is 36.1 Å². The molecule has 2 aromatic rings. The van der Waals surface area contributed by atoms with Gasteiger partial charge in [0.1, 0.15) is 6.61 Å². The van der Waals surface area contributed by atoms with E-state index in [1.807, 2.05) is 30.3 Å². The summed E-state index contributed by atoms with van der Waals surface area (Å²) in [7, 11) is 0. The van der Waals surface area contributed by atoms with Crippen LogP contribution in [-0.2, 0) is 17.8 Å². The lowest BCUT2D eigenvalue weighted by Crippen LogP contribution is -2.24. The van der Waals surface area contributed by atoms with Gasteiger partial charge in [-0.05, 0) is 47.9 Å². The third-order valence-electron chi connectivity index (χ3n) is 4.14. The number of rotatable bonds is 11. The number of hydrogen-bond donors (Lipinski definition) is 1. The average molecular weight is 372 g/mol. The second-order valence-corrected chi connectivity index (χ2v) is 7.25. The summed E-state index contributed by atoms with van der Waals surface area (Å²) in [5.74, 6) is 0. The SMILES string of the molecule is CCCCCCc1ccsc1C=CCCNC(=O)OCc1ccccc1. The Bertz CT molecular complexity index is 664. The Hall–Kier alpha value is -2.07. The molecule has 1 aromatic heterocycles. The summed E-state index contributed by atoms with van der Waals surface area (Å²) in [6.07, 6.45) is 11.1. The van der Waals surface area contributed by atoms with Crippen molar-refractivity contribution in [3.63, 3.8) is 0 Å². The fourth-order valence-electron chi connectivity index (χ4n) is 2.66. The lowest BCUT2D eigenvalue weighted by atomic mass is 10.1. The van der Waals surface area contributed by atoms with Crippen LogP contribution in [0.2, 0.25) is 0 Å². The molecule has 1 aromatic carbocycles. The molecule has 2 rings (SSSR count). The van der Waals surface area contributed by atoms with E-state index in [1.54, 1.807) is 11.3 Å². The van der Waals surface area contributed by atoms with Gasteiger partial charge in [-0.2, -0.15) is 0 Å². The molecule has 0 atom stereocenters.